The van der Waals surface area contributed by atoms with Gasteiger partial charge in [-0.05, 0) is 36.8 Å². The summed E-state index contributed by atoms with van der Waals surface area (Å²) in [6.07, 6.45) is 1.71. The Kier molecular flexibility index (Phi) is 8.23. The molecule has 0 bridgehead atoms. The first kappa shape index (κ1) is 20.9. The van der Waals surface area contributed by atoms with E-state index in [1.54, 1.807) is 42.5 Å². The third-order valence-electron chi connectivity index (χ3n) is 3.48. The van der Waals surface area contributed by atoms with Gasteiger partial charge in [0.25, 0.3) is 0 Å². The van der Waals surface area contributed by atoms with E-state index >= 15 is 0 Å². The number of halogens is 2. The Bertz CT molecular complexity index is 799. The number of amides is 2. The number of esters is 1. The summed E-state index contributed by atoms with van der Waals surface area (Å²) in [5.41, 5.74) is 0.631. The number of ether oxygens (including phenoxy) is 2. The minimum absolute atomic E-state index is 0.115. The predicted molar refractivity (Wildman–Crippen MR) is 106 cm³/mol. The van der Waals surface area contributed by atoms with Crippen molar-refractivity contribution in [1.82, 2.24) is 5.32 Å². The lowest BCUT2D eigenvalue weighted by Gasteiger charge is -2.13. The van der Waals surface area contributed by atoms with Crippen molar-refractivity contribution in [2.45, 2.75) is 19.8 Å². The normalized spacial score (nSPS) is 10.2. The number of carbonyl (C=O) groups is 2. The number of nitrogens with one attached hydrogen (secondary N) is 2. The van der Waals surface area contributed by atoms with Gasteiger partial charge in [-0.3, -0.25) is 0 Å². The highest BCUT2D eigenvalue weighted by Gasteiger charge is 2.14. The Hall–Kier alpha value is -2.44. The van der Waals surface area contributed by atoms with Crippen molar-refractivity contribution in [2.24, 2.45) is 0 Å². The van der Waals surface area contributed by atoms with Crippen molar-refractivity contribution in [1.29, 1.82) is 0 Å². The predicted octanol–water partition coefficient (Wildman–Crippen LogP) is 5.11. The molecule has 0 unspecified atom stereocenters. The highest BCUT2D eigenvalue weighted by Crippen LogP contribution is 2.27. The molecular formula is C19H20Cl2N2O4. The van der Waals surface area contributed by atoms with E-state index in [9.17, 15) is 9.59 Å². The van der Waals surface area contributed by atoms with Crippen LogP contribution in [0.2, 0.25) is 10.0 Å². The maximum absolute atomic E-state index is 12.1. The minimum Gasteiger partial charge on any atom is -0.472 e. The van der Waals surface area contributed by atoms with E-state index < -0.39 is 12.0 Å². The Morgan fingerprint density at radius 1 is 1.11 bits per heavy atom. The first-order valence-corrected chi connectivity index (χ1v) is 9.15. The molecule has 8 heteroatoms. The Balaban J connectivity index is 1.89. The highest BCUT2D eigenvalue weighted by atomic mass is 35.5. The average molecular weight is 411 g/mol. The molecule has 2 amide bonds. The summed E-state index contributed by atoms with van der Waals surface area (Å²) in [6.45, 7) is 2.23. The number of para-hydroxylation sites is 1. The smallest absolute Gasteiger partial charge is 0.340 e. The van der Waals surface area contributed by atoms with Crippen molar-refractivity contribution in [2.75, 3.05) is 18.7 Å². The molecule has 6 nitrogen and oxygen atoms in total. The molecule has 0 aromatic heterocycles. The Morgan fingerprint density at radius 2 is 1.89 bits per heavy atom. The molecule has 0 aliphatic heterocycles. The summed E-state index contributed by atoms with van der Waals surface area (Å²) < 4.78 is 10.6. The van der Waals surface area contributed by atoms with Gasteiger partial charge >= 0.3 is 12.0 Å². The topological polar surface area (TPSA) is 76.7 Å². The summed E-state index contributed by atoms with van der Waals surface area (Å²) in [5, 5.41) is 5.96. The first-order chi connectivity index (χ1) is 13.0. The number of hydrogen-bond donors (Lipinski definition) is 2. The van der Waals surface area contributed by atoms with Gasteiger partial charge < -0.3 is 20.1 Å². The zero-order valence-electron chi connectivity index (χ0n) is 14.8. The molecule has 144 valence electrons. The third kappa shape index (κ3) is 6.66. The fourth-order valence-corrected chi connectivity index (χ4v) is 2.56. The van der Waals surface area contributed by atoms with E-state index in [0.29, 0.717) is 28.1 Å². The molecule has 0 aliphatic rings. The third-order valence-corrected chi connectivity index (χ3v) is 4.01. The van der Waals surface area contributed by atoms with E-state index in [4.69, 9.17) is 32.7 Å². The van der Waals surface area contributed by atoms with E-state index in [1.165, 1.54) is 0 Å². The van der Waals surface area contributed by atoms with Crippen molar-refractivity contribution < 1.29 is 19.1 Å². The number of anilines is 1. The molecule has 0 spiro atoms. The molecule has 2 aromatic carbocycles. The van der Waals surface area contributed by atoms with Gasteiger partial charge in [0.15, 0.2) is 6.73 Å². The maximum atomic E-state index is 12.1. The lowest BCUT2D eigenvalue weighted by Crippen LogP contribution is -2.32. The van der Waals surface area contributed by atoms with Crippen LogP contribution in [0.1, 0.15) is 30.1 Å². The van der Waals surface area contributed by atoms with Crippen LogP contribution in [-0.2, 0) is 4.74 Å². The van der Waals surface area contributed by atoms with Crippen LogP contribution in [0.3, 0.4) is 0 Å². The summed E-state index contributed by atoms with van der Waals surface area (Å²) in [5.74, 6) is -0.0928. The molecule has 0 aliphatic carbocycles. The molecule has 0 atom stereocenters. The quantitative estimate of drug-likeness (QED) is 0.360. The Morgan fingerprint density at radius 3 is 2.63 bits per heavy atom. The number of urea groups is 1. The number of rotatable bonds is 8. The molecule has 0 saturated carbocycles. The standard InChI is InChI=1S/C19H20Cl2N2O4/c1-2-3-10-26-18(24)14-6-4-5-7-16(14)23-19(25)22-12-27-17-9-8-13(20)11-15(17)21/h4-9,11H,2-3,10,12H2,1H3,(H2,22,23,25). The van der Waals surface area contributed by atoms with Crippen LogP contribution >= 0.6 is 23.2 Å². The highest BCUT2D eigenvalue weighted by molar-refractivity contribution is 6.35. The van der Waals surface area contributed by atoms with Gasteiger partial charge in [-0.15, -0.1) is 0 Å². The Labute approximate surface area is 167 Å². The summed E-state index contributed by atoms with van der Waals surface area (Å²) in [7, 11) is 0. The number of carbonyl (C=O) groups excluding carboxylic acids is 2. The summed E-state index contributed by atoms with van der Waals surface area (Å²) >= 11 is 11.8. The van der Waals surface area contributed by atoms with Gasteiger partial charge in [0.1, 0.15) is 5.75 Å². The second kappa shape index (κ2) is 10.6. The van der Waals surface area contributed by atoms with Gasteiger partial charge in [-0.1, -0.05) is 48.7 Å². The van der Waals surface area contributed by atoms with Gasteiger partial charge in [0, 0.05) is 5.02 Å². The molecule has 0 fully saturated rings. The van der Waals surface area contributed by atoms with Crippen molar-refractivity contribution in [3.63, 3.8) is 0 Å². The van der Waals surface area contributed by atoms with Crippen LogP contribution in [0.4, 0.5) is 10.5 Å². The number of hydrogen-bond acceptors (Lipinski definition) is 4. The van der Waals surface area contributed by atoms with Crippen LogP contribution in [0.15, 0.2) is 42.5 Å². The van der Waals surface area contributed by atoms with E-state index in [0.717, 1.165) is 12.8 Å². The van der Waals surface area contributed by atoms with Crippen molar-refractivity contribution >= 4 is 40.9 Å². The van der Waals surface area contributed by atoms with Gasteiger partial charge in [-0.2, -0.15) is 0 Å². The number of unbranched alkanes of at least 4 members (excludes halogenated alkanes) is 1. The fraction of sp³-hybridized carbons (Fsp3) is 0.263. The molecule has 0 heterocycles. The zero-order chi connectivity index (χ0) is 19.6. The van der Waals surface area contributed by atoms with E-state index in [-0.39, 0.29) is 12.3 Å². The van der Waals surface area contributed by atoms with Crippen LogP contribution in [-0.4, -0.2) is 25.3 Å². The summed E-state index contributed by atoms with van der Waals surface area (Å²) in [6, 6.07) is 10.9. The van der Waals surface area contributed by atoms with Gasteiger partial charge in [0.05, 0.1) is 22.9 Å². The van der Waals surface area contributed by atoms with Crippen LogP contribution in [0.5, 0.6) is 5.75 Å². The van der Waals surface area contributed by atoms with E-state index in [1.807, 2.05) is 6.92 Å². The lowest BCUT2D eigenvalue weighted by atomic mass is 10.2. The molecule has 0 radical (unpaired) electrons. The largest absolute Gasteiger partial charge is 0.472 e. The van der Waals surface area contributed by atoms with Crippen LogP contribution in [0.25, 0.3) is 0 Å². The summed E-state index contributed by atoms with van der Waals surface area (Å²) in [4.78, 5) is 24.2. The van der Waals surface area contributed by atoms with Crippen LogP contribution in [0, 0.1) is 0 Å². The molecule has 2 rings (SSSR count). The molecule has 27 heavy (non-hydrogen) atoms. The van der Waals surface area contributed by atoms with E-state index in [2.05, 4.69) is 10.6 Å². The second-order valence-corrected chi connectivity index (χ2v) is 6.37. The van der Waals surface area contributed by atoms with Gasteiger partial charge in [0.2, 0.25) is 0 Å². The molecular weight excluding hydrogens is 391 g/mol. The van der Waals surface area contributed by atoms with Crippen molar-refractivity contribution in [3.05, 3.63) is 58.1 Å². The van der Waals surface area contributed by atoms with Crippen LogP contribution < -0.4 is 15.4 Å². The zero-order valence-corrected chi connectivity index (χ0v) is 16.3. The average Bonchev–Trinajstić information content (AvgIpc) is 2.64. The van der Waals surface area contributed by atoms with Crippen molar-refractivity contribution in [3.8, 4) is 5.75 Å². The van der Waals surface area contributed by atoms with Gasteiger partial charge in [-0.25, -0.2) is 9.59 Å². The molecule has 2 N–H and O–H groups in total. The fourth-order valence-electron chi connectivity index (χ4n) is 2.10. The second-order valence-electron chi connectivity index (χ2n) is 5.53. The monoisotopic (exact) mass is 410 g/mol. The first-order valence-electron chi connectivity index (χ1n) is 8.40. The number of benzene rings is 2. The lowest BCUT2D eigenvalue weighted by molar-refractivity contribution is 0.0501. The SMILES string of the molecule is CCCCOC(=O)c1ccccc1NC(=O)NCOc1ccc(Cl)cc1Cl. The molecule has 2 aromatic rings. The maximum Gasteiger partial charge on any atom is 0.340 e. The molecule has 0 saturated heterocycles. The minimum atomic E-state index is -0.533.